The van der Waals surface area contributed by atoms with E-state index in [0.29, 0.717) is 10.8 Å². The molecule has 17 heavy (non-hydrogen) atoms. The van der Waals surface area contributed by atoms with E-state index in [1.165, 1.54) is 12.1 Å². The van der Waals surface area contributed by atoms with Gasteiger partial charge in [0.05, 0.1) is 15.7 Å². The highest BCUT2D eigenvalue weighted by molar-refractivity contribution is 7.85. The zero-order chi connectivity index (χ0) is 12.3. The maximum absolute atomic E-state index is 11.9. The smallest absolute Gasteiger partial charge is 0.287 e. The van der Waals surface area contributed by atoms with Crippen LogP contribution < -0.4 is 5.32 Å². The first kappa shape index (κ1) is 12.1. The third-order valence-corrected chi connectivity index (χ3v) is 4.09. The van der Waals surface area contributed by atoms with Gasteiger partial charge in [-0.05, 0) is 25.5 Å². The molecule has 2 rings (SSSR count). The molecular weight excluding hydrogens is 242 g/mol. The van der Waals surface area contributed by atoms with Crippen LogP contribution in [0.5, 0.6) is 0 Å². The summed E-state index contributed by atoms with van der Waals surface area (Å²) in [5.41, 5.74) is -0.0789. The van der Waals surface area contributed by atoms with Crippen molar-refractivity contribution < 1.29 is 9.13 Å². The molecule has 2 atom stereocenters. The quantitative estimate of drug-likeness (QED) is 0.636. The Morgan fingerprint density at radius 1 is 1.59 bits per heavy atom. The van der Waals surface area contributed by atoms with Crippen LogP contribution in [0, 0.1) is 10.1 Å². The molecule has 1 aliphatic heterocycles. The summed E-state index contributed by atoms with van der Waals surface area (Å²) in [7, 11) is -1.19. The lowest BCUT2D eigenvalue weighted by molar-refractivity contribution is -0.385. The number of nitrogens with one attached hydrogen (secondary N) is 1. The van der Waals surface area contributed by atoms with Gasteiger partial charge in [-0.1, -0.05) is 0 Å². The average Bonchev–Trinajstić information content (AvgIpc) is 2.82. The Labute approximate surface area is 101 Å². The predicted octanol–water partition coefficient (Wildman–Crippen LogP) is 0.849. The summed E-state index contributed by atoms with van der Waals surface area (Å²) in [5, 5.41) is 14.1. The van der Waals surface area contributed by atoms with Crippen LogP contribution in [0.15, 0.2) is 23.4 Å². The molecule has 0 saturated carbocycles. The lowest BCUT2D eigenvalue weighted by Gasteiger charge is -2.08. The van der Waals surface area contributed by atoms with E-state index in [4.69, 9.17) is 0 Å². The molecule has 0 aromatic carbocycles. The first-order chi connectivity index (χ1) is 8.16. The Bertz CT molecular complexity index is 429. The standard InChI is InChI=1S/C10H13N3O3S/c14-13(15)9-3-4-10(12-6-9)17(16)7-8-2-1-5-11-8/h3-4,6,8,11H,1-2,5,7H2/t8-,17+/m1/s1. The van der Waals surface area contributed by atoms with Crippen LogP contribution in [0.2, 0.25) is 0 Å². The van der Waals surface area contributed by atoms with Crippen LogP contribution in [-0.4, -0.2) is 32.5 Å². The van der Waals surface area contributed by atoms with Gasteiger partial charge >= 0.3 is 0 Å². The van der Waals surface area contributed by atoms with E-state index in [2.05, 4.69) is 10.3 Å². The third-order valence-electron chi connectivity index (χ3n) is 2.68. The van der Waals surface area contributed by atoms with Gasteiger partial charge in [-0.2, -0.15) is 0 Å². The van der Waals surface area contributed by atoms with Gasteiger partial charge < -0.3 is 5.32 Å². The second kappa shape index (κ2) is 5.33. The molecule has 1 aromatic rings. The van der Waals surface area contributed by atoms with E-state index >= 15 is 0 Å². The van der Waals surface area contributed by atoms with Crippen molar-refractivity contribution in [2.75, 3.05) is 12.3 Å². The number of nitro groups is 1. The minimum absolute atomic E-state index is 0.0789. The SMILES string of the molecule is O=[N+]([O-])c1ccc([S@@](=O)C[C@H]2CCCN2)nc1. The van der Waals surface area contributed by atoms with Gasteiger partial charge in [0.15, 0.2) is 0 Å². The van der Waals surface area contributed by atoms with E-state index in [0.717, 1.165) is 25.6 Å². The molecule has 0 aliphatic carbocycles. The van der Waals surface area contributed by atoms with Gasteiger partial charge in [-0.3, -0.25) is 14.3 Å². The van der Waals surface area contributed by atoms with Gasteiger partial charge in [-0.15, -0.1) is 0 Å². The van der Waals surface area contributed by atoms with Crippen molar-refractivity contribution in [3.63, 3.8) is 0 Å². The fourth-order valence-corrected chi connectivity index (χ4v) is 2.99. The molecule has 6 nitrogen and oxygen atoms in total. The molecule has 0 amide bonds. The topological polar surface area (TPSA) is 85.1 Å². The summed E-state index contributed by atoms with van der Waals surface area (Å²) in [6.07, 6.45) is 3.28. The summed E-state index contributed by atoms with van der Waals surface area (Å²) in [6.45, 7) is 0.968. The van der Waals surface area contributed by atoms with Gasteiger partial charge in [0.25, 0.3) is 5.69 Å². The van der Waals surface area contributed by atoms with Gasteiger partial charge in [0.2, 0.25) is 0 Å². The summed E-state index contributed by atoms with van der Waals surface area (Å²) in [5.74, 6) is 0.519. The van der Waals surface area contributed by atoms with Crippen molar-refractivity contribution >= 4 is 16.5 Å². The van der Waals surface area contributed by atoms with E-state index in [1.54, 1.807) is 0 Å². The molecule has 0 unspecified atom stereocenters. The fourth-order valence-electron chi connectivity index (χ4n) is 1.78. The number of aromatic nitrogens is 1. The lowest BCUT2D eigenvalue weighted by atomic mass is 10.3. The van der Waals surface area contributed by atoms with Crippen molar-refractivity contribution in [1.29, 1.82) is 0 Å². The van der Waals surface area contributed by atoms with Crippen LogP contribution in [0.25, 0.3) is 0 Å². The lowest BCUT2D eigenvalue weighted by Crippen LogP contribution is -2.27. The van der Waals surface area contributed by atoms with Crippen molar-refractivity contribution in [3.05, 3.63) is 28.4 Å². The van der Waals surface area contributed by atoms with Gasteiger partial charge in [-0.25, -0.2) is 4.98 Å². The fraction of sp³-hybridized carbons (Fsp3) is 0.500. The van der Waals surface area contributed by atoms with Gasteiger partial charge in [0, 0.05) is 17.9 Å². The Morgan fingerprint density at radius 2 is 2.41 bits per heavy atom. The summed E-state index contributed by atoms with van der Waals surface area (Å²) in [6, 6.07) is 3.07. The Balaban J connectivity index is 2.01. The normalized spacial score (nSPS) is 21.3. The zero-order valence-electron chi connectivity index (χ0n) is 9.17. The highest BCUT2D eigenvalue weighted by atomic mass is 32.2. The molecule has 1 saturated heterocycles. The summed E-state index contributed by atoms with van der Waals surface area (Å²) < 4.78 is 11.9. The van der Waals surface area contributed by atoms with Crippen LogP contribution in [0.4, 0.5) is 5.69 Å². The van der Waals surface area contributed by atoms with Crippen LogP contribution in [-0.2, 0) is 10.8 Å². The second-order valence-electron chi connectivity index (χ2n) is 3.92. The minimum Gasteiger partial charge on any atom is -0.313 e. The second-order valence-corrected chi connectivity index (χ2v) is 5.36. The molecule has 1 aromatic heterocycles. The Hall–Kier alpha value is -1.34. The number of rotatable bonds is 4. The monoisotopic (exact) mass is 255 g/mol. The minimum atomic E-state index is -1.19. The van der Waals surface area contributed by atoms with Crippen LogP contribution >= 0.6 is 0 Å². The van der Waals surface area contributed by atoms with Crippen molar-refractivity contribution in [2.24, 2.45) is 0 Å². The highest BCUT2D eigenvalue weighted by Gasteiger charge is 2.18. The first-order valence-corrected chi connectivity index (χ1v) is 6.71. The Morgan fingerprint density at radius 3 is 2.94 bits per heavy atom. The molecule has 1 aliphatic rings. The number of pyridine rings is 1. The van der Waals surface area contributed by atoms with E-state index in [1.807, 2.05) is 0 Å². The number of hydrogen-bond acceptors (Lipinski definition) is 5. The molecule has 0 spiro atoms. The third kappa shape index (κ3) is 3.07. The molecule has 0 bridgehead atoms. The molecule has 0 radical (unpaired) electrons. The average molecular weight is 255 g/mol. The molecule has 1 N–H and O–H groups in total. The summed E-state index contributed by atoms with van der Waals surface area (Å²) in [4.78, 5) is 13.8. The van der Waals surface area contributed by atoms with E-state index in [-0.39, 0.29) is 11.7 Å². The molecule has 1 fully saturated rings. The molecular formula is C10H13N3O3S. The van der Waals surface area contributed by atoms with Gasteiger partial charge in [0.1, 0.15) is 11.2 Å². The number of hydrogen-bond donors (Lipinski definition) is 1. The zero-order valence-corrected chi connectivity index (χ0v) is 9.98. The maximum atomic E-state index is 11.9. The van der Waals surface area contributed by atoms with E-state index < -0.39 is 15.7 Å². The highest BCUT2D eigenvalue weighted by Crippen LogP contribution is 2.14. The largest absolute Gasteiger partial charge is 0.313 e. The van der Waals surface area contributed by atoms with E-state index in [9.17, 15) is 14.3 Å². The predicted molar refractivity (Wildman–Crippen MR) is 63.2 cm³/mol. The first-order valence-electron chi connectivity index (χ1n) is 5.39. The molecule has 92 valence electrons. The molecule has 2 heterocycles. The van der Waals surface area contributed by atoms with Crippen molar-refractivity contribution in [2.45, 2.75) is 23.9 Å². The van der Waals surface area contributed by atoms with Crippen molar-refractivity contribution in [3.8, 4) is 0 Å². The number of nitrogens with zero attached hydrogens (tertiary/aromatic N) is 2. The van der Waals surface area contributed by atoms with Crippen LogP contribution in [0.1, 0.15) is 12.8 Å². The summed E-state index contributed by atoms with van der Waals surface area (Å²) >= 11 is 0. The van der Waals surface area contributed by atoms with Crippen LogP contribution in [0.3, 0.4) is 0 Å². The Kier molecular flexibility index (Phi) is 3.80. The van der Waals surface area contributed by atoms with Crippen molar-refractivity contribution in [1.82, 2.24) is 10.3 Å². The maximum Gasteiger partial charge on any atom is 0.287 e. The molecule has 7 heteroatoms.